The molecule has 0 spiro atoms. The van der Waals surface area contributed by atoms with Gasteiger partial charge >= 0.3 is 0 Å². The van der Waals surface area contributed by atoms with Gasteiger partial charge in [0, 0.05) is 31.9 Å². The number of amides is 1. The molecule has 6 heteroatoms. The average Bonchev–Trinajstić information content (AvgIpc) is 2.47. The lowest BCUT2D eigenvalue weighted by Gasteiger charge is -2.27. The van der Waals surface area contributed by atoms with Crippen molar-refractivity contribution in [3.05, 3.63) is 47.4 Å². The van der Waals surface area contributed by atoms with E-state index in [0.717, 1.165) is 5.69 Å². The van der Waals surface area contributed by atoms with Crippen LogP contribution >= 0.6 is 11.6 Å². The Kier molecular flexibility index (Phi) is 4.98. The summed E-state index contributed by atoms with van der Waals surface area (Å²) in [6.45, 7) is 3.92. The lowest BCUT2D eigenvalue weighted by atomic mass is 10.1. The number of pyridine rings is 2. The second-order valence-corrected chi connectivity index (χ2v) is 5.80. The Balaban J connectivity index is 2.44. The van der Waals surface area contributed by atoms with Gasteiger partial charge in [-0.25, -0.2) is 4.98 Å². The molecule has 2 heterocycles. The third-order valence-electron chi connectivity index (χ3n) is 3.15. The van der Waals surface area contributed by atoms with Gasteiger partial charge in [-0.3, -0.25) is 9.78 Å². The molecular formula is C16H19ClN4O. The van der Waals surface area contributed by atoms with E-state index in [1.807, 2.05) is 45.0 Å². The molecule has 0 aliphatic heterocycles. The summed E-state index contributed by atoms with van der Waals surface area (Å²) in [5.74, 6) is 0.515. The van der Waals surface area contributed by atoms with E-state index in [0.29, 0.717) is 16.5 Å². The molecule has 1 amide bonds. The van der Waals surface area contributed by atoms with Crippen LogP contribution in [0.4, 0.5) is 11.5 Å². The third-order valence-corrected chi connectivity index (χ3v) is 3.34. The number of nitrogens with zero attached hydrogens (tertiary/aromatic N) is 4. The number of hydrogen-bond donors (Lipinski definition) is 0. The fraction of sp³-hybridized carbons (Fsp3) is 0.312. The molecule has 0 saturated heterocycles. The van der Waals surface area contributed by atoms with Gasteiger partial charge in [-0.05, 0) is 38.1 Å². The minimum absolute atomic E-state index is 0.00792. The van der Waals surface area contributed by atoms with Crippen molar-refractivity contribution in [2.75, 3.05) is 23.9 Å². The predicted octanol–water partition coefficient (Wildman–Crippen LogP) is 3.25. The summed E-state index contributed by atoms with van der Waals surface area (Å²) in [4.78, 5) is 24.7. The molecule has 0 aliphatic rings. The highest BCUT2D eigenvalue weighted by Gasteiger charge is 2.22. The zero-order valence-electron chi connectivity index (χ0n) is 13.1. The van der Waals surface area contributed by atoms with Gasteiger partial charge in [-0.2, -0.15) is 0 Å². The second kappa shape index (κ2) is 6.75. The zero-order chi connectivity index (χ0) is 16.3. The largest absolute Gasteiger partial charge is 0.363 e. The first-order valence-corrected chi connectivity index (χ1v) is 7.36. The first kappa shape index (κ1) is 16.2. The van der Waals surface area contributed by atoms with Gasteiger partial charge in [0.05, 0.1) is 11.9 Å². The van der Waals surface area contributed by atoms with Crippen LogP contribution in [0.3, 0.4) is 0 Å². The summed E-state index contributed by atoms with van der Waals surface area (Å²) in [5.41, 5.74) is 1.25. The molecule has 116 valence electrons. The predicted molar refractivity (Wildman–Crippen MR) is 89.8 cm³/mol. The summed E-state index contributed by atoms with van der Waals surface area (Å²) >= 11 is 6.05. The van der Waals surface area contributed by atoms with Gasteiger partial charge in [0.1, 0.15) is 11.0 Å². The Morgan fingerprint density at radius 2 is 2.00 bits per heavy atom. The highest BCUT2D eigenvalue weighted by Crippen LogP contribution is 2.22. The Morgan fingerprint density at radius 1 is 1.27 bits per heavy atom. The monoisotopic (exact) mass is 318 g/mol. The van der Waals surface area contributed by atoms with Crippen LogP contribution in [0.15, 0.2) is 36.7 Å². The van der Waals surface area contributed by atoms with Gasteiger partial charge in [0.15, 0.2) is 0 Å². The first-order chi connectivity index (χ1) is 10.4. The second-order valence-electron chi connectivity index (χ2n) is 5.41. The van der Waals surface area contributed by atoms with Crippen LogP contribution in [0.25, 0.3) is 0 Å². The molecule has 2 rings (SSSR count). The van der Waals surface area contributed by atoms with Crippen LogP contribution in [-0.4, -0.2) is 36.0 Å². The highest BCUT2D eigenvalue weighted by atomic mass is 35.5. The standard InChI is InChI=1S/C16H19ClN4O/c1-11(2)21(13-6-5-7-18-10-13)16(22)12-8-14(17)19-15(9-12)20(3)4/h5-11H,1-4H3. The summed E-state index contributed by atoms with van der Waals surface area (Å²) in [7, 11) is 3.71. The molecule has 0 unspecified atom stereocenters. The van der Waals surface area contributed by atoms with Crippen molar-refractivity contribution < 1.29 is 4.79 Å². The molecule has 2 aromatic rings. The molecular weight excluding hydrogens is 300 g/mol. The molecule has 0 aromatic carbocycles. The molecule has 0 bridgehead atoms. The van der Waals surface area contributed by atoms with Crippen LogP contribution in [0.5, 0.6) is 0 Å². The van der Waals surface area contributed by atoms with Gasteiger partial charge in [-0.15, -0.1) is 0 Å². The smallest absolute Gasteiger partial charge is 0.258 e. The van der Waals surface area contributed by atoms with Crippen molar-refractivity contribution >= 4 is 29.0 Å². The molecule has 0 saturated carbocycles. The first-order valence-electron chi connectivity index (χ1n) is 6.98. The van der Waals surface area contributed by atoms with Gasteiger partial charge in [0.25, 0.3) is 5.91 Å². The Morgan fingerprint density at radius 3 is 2.55 bits per heavy atom. The van der Waals surface area contributed by atoms with E-state index >= 15 is 0 Å². The quantitative estimate of drug-likeness (QED) is 0.812. The normalized spacial score (nSPS) is 10.6. The van der Waals surface area contributed by atoms with Crippen LogP contribution in [-0.2, 0) is 0 Å². The number of hydrogen-bond acceptors (Lipinski definition) is 4. The van der Waals surface area contributed by atoms with Gasteiger partial charge in [-0.1, -0.05) is 11.6 Å². The maximum atomic E-state index is 12.9. The fourth-order valence-corrected chi connectivity index (χ4v) is 2.33. The Labute approximate surface area is 135 Å². The Bertz CT molecular complexity index is 658. The summed E-state index contributed by atoms with van der Waals surface area (Å²) < 4.78 is 0. The molecule has 0 atom stereocenters. The number of aromatic nitrogens is 2. The van der Waals surface area contributed by atoms with Crippen molar-refractivity contribution in [3.63, 3.8) is 0 Å². The van der Waals surface area contributed by atoms with Gasteiger partial charge < -0.3 is 9.80 Å². The molecule has 22 heavy (non-hydrogen) atoms. The van der Waals surface area contributed by atoms with E-state index in [-0.39, 0.29) is 11.9 Å². The van der Waals surface area contributed by atoms with Crippen molar-refractivity contribution in [2.24, 2.45) is 0 Å². The maximum absolute atomic E-state index is 12.9. The van der Waals surface area contributed by atoms with Crippen LogP contribution in [0.1, 0.15) is 24.2 Å². The number of rotatable bonds is 4. The van der Waals surface area contributed by atoms with E-state index in [1.165, 1.54) is 0 Å². The lowest BCUT2D eigenvalue weighted by Crippen LogP contribution is -2.37. The number of anilines is 2. The van der Waals surface area contributed by atoms with Crippen molar-refractivity contribution in [1.29, 1.82) is 0 Å². The summed E-state index contributed by atoms with van der Waals surface area (Å²) in [6.07, 6.45) is 3.35. The maximum Gasteiger partial charge on any atom is 0.258 e. The highest BCUT2D eigenvalue weighted by molar-refractivity contribution is 6.30. The van der Waals surface area contributed by atoms with E-state index in [2.05, 4.69) is 9.97 Å². The summed E-state index contributed by atoms with van der Waals surface area (Å²) in [6, 6.07) is 6.98. The molecule has 2 aromatic heterocycles. The molecule has 0 aliphatic carbocycles. The van der Waals surface area contributed by atoms with Crippen LogP contribution in [0.2, 0.25) is 5.15 Å². The topological polar surface area (TPSA) is 49.3 Å². The number of carbonyl (C=O) groups excluding carboxylic acids is 1. The van der Waals surface area contributed by atoms with Crippen molar-refractivity contribution in [3.8, 4) is 0 Å². The summed E-state index contributed by atoms with van der Waals surface area (Å²) in [5, 5.41) is 0.296. The van der Waals surface area contributed by atoms with Crippen LogP contribution in [0, 0.1) is 0 Å². The van der Waals surface area contributed by atoms with E-state index in [4.69, 9.17) is 11.6 Å². The zero-order valence-corrected chi connectivity index (χ0v) is 13.9. The van der Waals surface area contributed by atoms with E-state index < -0.39 is 0 Å². The average molecular weight is 319 g/mol. The Hall–Kier alpha value is -2.14. The lowest BCUT2D eigenvalue weighted by molar-refractivity contribution is 0.0980. The minimum Gasteiger partial charge on any atom is -0.363 e. The molecule has 0 fully saturated rings. The van der Waals surface area contributed by atoms with Gasteiger partial charge in [0.2, 0.25) is 0 Å². The van der Waals surface area contributed by atoms with E-state index in [1.54, 1.807) is 29.4 Å². The molecule has 0 radical (unpaired) electrons. The van der Waals surface area contributed by atoms with Crippen LogP contribution < -0.4 is 9.80 Å². The number of halogens is 1. The fourth-order valence-electron chi connectivity index (χ4n) is 2.12. The van der Waals surface area contributed by atoms with Crippen molar-refractivity contribution in [1.82, 2.24) is 9.97 Å². The van der Waals surface area contributed by atoms with E-state index in [9.17, 15) is 4.79 Å². The minimum atomic E-state index is -0.129. The molecule has 0 N–H and O–H groups in total. The SMILES string of the molecule is CC(C)N(C(=O)c1cc(Cl)nc(N(C)C)c1)c1cccnc1. The molecule has 5 nitrogen and oxygen atoms in total. The van der Waals surface area contributed by atoms with Crippen molar-refractivity contribution in [2.45, 2.75) is 19.9 Å². The number of carbonyl (C=O) groups is 1. The third kappa shape index (κ3) is 3.54.